The monoisotopic (exact) mass is 317 g/mol. The van der Waals surface area contributed by atoms with Crippen LogP contribution in [0.2, 0.25) is 0 Å². The molecular formula is C13H14F3N3O3. The maximum Gasteiger partial charge on any atom is 0.416 e. The molecule has 0 aromatic carbocycles. The van der Waals surface area contributed by atoms with Crippen LogP contribution in [-0.4, -0.2) is 30.1 Å². The molecule has 22 heavy (non-hydrogen) atoms. The fourth-order valence-corrected chi connectivity index (χ4v) is 1.51. The van der Waals surface area contributed by atoms with Crippen LogP contribution in [0, 0.1) is 0 Å². The topological polar surface area (TPSA) is 80.3 Å². The van der Waals surface area contributed by atoms with E-state index in [-0.39, 0.29) is 12.2 Å². The van der Waals surface area contributed by atoms with Gasteiger partial charge in [0.2, 0.25) is 0 Å². The zero-order valence-electron chi connectivity index (χ0n) is 11.6. The molecule has 1 rings (SSSR count). The summed E-state index contributed by atoms with van der Waals surface area (Å²) in [7, 11) is 1.15. The van der Waals surface area contributed by atoms with Gasteiger partial charge >= 0.3 is 18.2 Å². The number of nitrogens with zero attached hydrogens (tertiary/aromatic N) is 1. The first-order valence-electron chi connectivity index (χ1n) is 6.07. The average Bonchev–Trinajstić information content (AvgIpc) is 2.45. The standard InChI is InChI=1S/C13H14F3N3O3/c1-3-4-9(11(20)22-2)18-12(21)19-10-7-8(5-6-17-10)13(14,15)16/h3,5-7,9H,1,4H2,2H3,(H2,17,18,19,21). The Hall–Kier alpha value is -2.58. The van der Waals surface area contributed by atoms with E-state index in [9.17, 15) is 22.8 Å². The van der Waals surface area contributed by atoms with Crippen molar-refractivity contribution in [1.82, 2.24) is 10.3 Å². The number of aromatic nitrogens is 1. The number of amides is 2. The van der Waals surface area contributed by atoms with Crippen molar-refractivity contribution in [3.63, 3.8) is 0 Å². The summed E-state index contributed by atoms with van der Waals surface area (Å²) >= 11 is 0. The number of urea groups is 1. The molecule has 9 heteroatoms. The minimum Gasteiger partial charge on any atom is -0.467 e. The number of halogens is 3. The number of carbonyl (C=O) groups is 2. The van der Waals surface area contributed by atoms with Gasteiger partial charge in [-0.25, -0.2) is 14.6 Å². The quantitative estimate of drug-likeness (QED) is 0.645. The number of ether oxygens (including phenoxy) is 1. The molecule has 1 unspecified atom stereocenters. The lowest BCUT2D eigenvalue weighted by atomic mass is 10.2. The largest absolute Gasteiger partial charge is 0.467 e. The molecule has 0 spiro atoms. The summed E-state index contributed by atoms with van der Waals surface area (Å²) in [5.41, 5.74) is -0.951. The van der Waals surface area contributed by atoms with Gasteiger partial charge < -0.3 is 10.1 Å². The maximum absolute atomic E-state index is 12.5. The Morgan fingerprint density at radius 1 is 1.50 bits per heavy atom. The van der Waals surface area contributed by atoms with E-state index in [1.807, 2.05) is 0 Å². The Labute approximate surface area is 124 Å². The first kappa shape index (κ1) is 17.5. The molecule has 0 aliphatic heterocycles. The lowest BCUT2D eigenvalue weighted by Crippen LogP contribution is -2.43. The summed E-state index contributed by atoms with van der Waals surface area (Å²) in [6.07, 6.45) is -2.13. The summed E-state index contributed by atoms with van der Waals surface area (Å²) in [5.74, 6) is -0.999. The molecule has 2 N–H and O–H groups in total. The highest BCUT2D eigenvalue weighted by Crippen LogP contribution is 2.29. The van der Waals surface area contributed by atoms with Crippen LogP contribution in [0.25, 0.3) is 0 Å². The molecule has 120 valence electrons. The summed E-state index contributed by atoms with van der Waals surface area (Å²) in [6.45, 7) is 3.43. The zero-order valence-corrected chi connectivity index (χ0v) is 11.6. The van der Waals surface area contributed by atoms with Gasteiger partial charge in [-0.1, -0.05) is 6.08 Å². The Morgan fingerprint density at radius 3 is 2.73 bits per heavy atom. The molecule has 0 aliphatic carbocycles. The lowest BCUT2D eigenvalue weighted by molar-refractivity contribution is -0.142. The molecule has 6 nitrogen and oxygen atoms in total. The van der Waals surface area contributed by atoms with Crippen molar-refractivity contribution in [3.8, 4) is 0 Å². The van der Waals surface area contributed by atoms with Crippen LogP contribution >= 0.6 is 0 Å². The number of anilines is 1. The van der Waals surface area contributed by atoms with E-state index in [4.69, 9.17) is 0 Å². The van der Waals surface area contributed by atoms with Gasteiger partial charge in [0.05, 0.1) is 12.7 Å². The van der Waals surface area contributed by atoms with Crippen molar-refractivity contribution >= 4 is 17.8 Å². The van der Waals surface area contributed by atoms with Gasteiger partial charge in [0.1, 0.15) is 11.9 Å². The van der Waals surface area contributed by atoms with E-state index in [0.717, 1.165) is 19.4 Å². The van der Waals surface area contributed by atoms with Gasteiger partial charge in [0.25, 0.3) is 0 Å². The average molecular weight is 317 g/mol. The van der Waals surface area contributed by atoms with Gasteiger partial charge in [0, 0.05) is 6.20 Å². The van der Waals surface area contributed by atoms with Crippen LogP contribution in [0.3, 0.4) is 0 Å². The van der Waals surface area contributed by atoms with E-state index in [0.29, 0.717) is 6.07 Å². The molecular weight excluding hydrogens is 303 g/mol. The SMILES string of the molecule is C=CCC(NC(=O)Nc1cc(C(F)(F)F)ccn1)C(=O)OC. The van der Waals surface area contributed by atoms with E-state index in [1.165, 1.54) is 6.08 Å². The van der Waals surface area contributed by atoms with Gasteiger partial charge in [-0.15, -0.1) is 6.58 Å². The third kappa shape index (κ3) is 5.08. The molecule has 2 amide bonds. The molecule has 1 atom stereocenters. The molecule has 0 saturated heterocycles. The summed E-state index contributed by atoms with van der Waals surface area (Å²) < 4.78 is 42.1. The van der Waals surface area contributed by atoms with Crippen molar-refractivity contribution in [2.24, 2.45) is 0 Å². The lowest BCUT2D eigenvalue weighted by Gasteiger charge is -2.15. The number of pyridine rings is 1. The number of carbonyl (C=O) groups excluding carboxylic acids is 2. The number of alkyl halides is 3. The van der Waals surface area contributed by atoms with Crippen molar-refractivity contribution in [3.05, 3.63) is 36.5 Å². The molecule has 1 heterocycles. The summed E-state index contributed by atoms with van der Waals surface area (Å²) in [6, 6.07) is -0.421. The summed E-state index contributed by atoms with van der Waals surface area (Å²) in [4.78, 5) is 26.7. The Balaban J connectivity index is 2.76. The van der Waals surface area contributed by atoms with E-state index in [1.54, 1.807) is 0 Å². The van der Waals surface area contributed by atoms with Crippen molar-refractivity contribution in [2.75, 3.05) is 12.4 Å². The minimum atomic E-state index is -4.55. The third-order valence-electron chi connectivity index (χ3n) is 2.52. The fraction of sp³-hybridized carbons (Fsp3) is 0.308. The first-order valence-corrected chi connectivity index (χ1v) is 6.07. The van der Waals surface area contributed by atoms with Gasteiger partial charge in [-0.05, 0) is 18.6 Å². The van der Waals surface area contributed by atoms with E-state index >= 15 is 0 Å². The molecule has 1 aromatic rings. The molecule has 0 bridgehead atoms. The predicted molar refractivity (Wildman–Crippen MR) is 72.0 cm³/mol. The molecule has 0 radical (unpaired) electrons. The van der Waals surface area contributed by atoms with Gasteiger partial charge in [-0.2, -0.15) is 13.2 Å². The fourth-order valence-electron chi connectivity index (χ4n) is 1.51. The van der Waals surface area contributed by atoms with Crippen molar-refractivity contribution in [2.45, 2.75) is 18.6 Å². The second-order valence-corrected chi connectivity index (χ2v) is 4.13. The van der Waals surface area contributed by atoms with E-state index < -0.39 is 29.8 Å². The van der Waals surface area contributed by atoms with Crippen LogP contribution in [0.1, 0.15) is 12.0 Å². The Kier molecular flexibility index (Phi) is 5.90. The Bertz CT molecular complexity index is 561. The minimum absolute atomic E-state index is 0.107. The van der Waals surface area contributed by atoms with Gasteiger partial charge in [0.15, 0.2) is 0 Å². The molecule has 0 fully saturated rings. The smallest absolute Gasteiger partial charge is 0.416 e. The molecule has 0 saturated carbocycles. The second-order valence-electron chi connectivity index (χ2n) is 4.13. The van der Waals surface area contributed by atoms with Crippen LogP contribution in [0.4, 0.5) is 23.8 Å². The van der Waals surface area contributed by atoms with Crippen LogP contribution in [0.15, 0.2) is 31.0 Å². The number of rotatable bonds is 5. The number of hydrogen-bond acceptors (Lipinski definition) is 4. The maximum atomic E-state index is 12.5. The van der Waals surface area contributed by atoms with Gasteiger partial charge in [-0.3, -0.25) is 5.32 Å². The second kappa shape index (κ2) is 7.43. The van der Waals surface area contributed by atoms with Crippen molar-refractivity contribution in [1.29, 1.82) is 0 Å². The number of hydrogen-bond donors (Lipinski definition) is 2. The highest BCUT2D eigenvalue weighted by Gasteiger charge is 2.31. The van der Waals surface area contributed by atoms with Crippen molar-refractivity contribution < 1.29 is 27.5 Å². The van der Waals surface area contributed by atoms with Crippen LogP contribution < -0.4 is 10.6 Å². The number of nitrogens with one attached hydrogen (secondary N) is 2. The van der Waals surface area contributed by atoms with Crippen LogP contribution in [0.5, 0.6) is 0 Å². The molecule has 1 aromatic heterocycles. The predicted octanol–water partition coefficient (Wildman–Crippen LogP) is 2.34. The van der Waals surface area contributed by atoms with Crippen LogP contribution in [-0.2, 0) is 15.7 Å². The normalized spacial score (nSPS) is 12.2. The number of esters is 1. The molecule has 0 aliphatic rings. The number of methoxy groups -OCH3 is 1. The third-order valence-corrected chi connectivity index (χ3v) is 2.52. The zero-order chi connectivity index (χ0) is 16.8. The highest BCUT2D eigenvalue weighted by atomic mass is 19.4. The summed E-state index contributed by atoms with van der Waals surface area (Å²) in [5, 5.41) is 4.38. The first-order chi connectivity index (χ1) is 10.3. The highest BCUT2D eigenvalue weighted by molar-refractivity contribution is 5.91. The Morgan fingerprint density at radius 2 is 2.18 bits per heavy atom. The van der Waals surface area contributed by atoms with E-state index in [2.05, 4.69) is 26.9 Å².